The number of oxazole rings is 1. The molecular weight excluding hydrogens is 196 g/mol. The summed E-state index contributed by atoms with van der Waals surface area (Å²) in [6.45, 7) is 1.06. The molecule has 2 rings (SSSR count). The molecule has 1 unspecified atom stereocenters. The van der Waals surface area contributed by atoms with Crippen LogP contribution in [0.25, 0.3) is 0 Å². The third-order valence-electron chi connectivity index (χ3n) is 2.73. The summed E-state index contributed by atoms with van der Waals surface area (Å²) >= 11 is 0. The number of hydrogen-bond acceptors (Lipinski definition) is 4. The van der Waals surface area contributed by atoms with Gasteiger partial charge in [0.25, 0.3) is 0 Å². The van der Waals surface area contributed by atoms with Gasteiger partial charge in [0.15, 0.2) is 0 Å². The smallest absolute Gasteiger partial charge is 0.312 e. The summed E-state index contributed by atoms with van der Waals surface area (Å²) in [5.41, 5.74) is 0.853. The predicted molar refractivity (Wildman–Crippen MR) is 52.4 cm³/mol. The number of hydrogen-bond donors (Lipinski definition) is 1. The fourth-order valence-corrected chi connectivity index (χ4v) is 1.97. The number of carbonyl (C=O) groups is 1. The Kier molecular flexibility index (Phi) is 2.73. The lowest BCUT2D eigenvalue weighted by Gasteiger charge is -2.15. The van der Waals surface area contributed by atoms with Gasteiger partial charge in [-0.1, -0.05) is 0 Å². The Morgan fingerprint density at radius 1 is 1.80 bits per heavy atom. The fourth-order valence-electron chi connectivity index (χ4n) is 1.97. The van der Waals surface area contributed by atoms with Crippen LogP contribution in [0.2, 0.25) is 0 Å². The summed E-state index contributed by atoms with van der Waals surface area (Å²) in [6, 6.07) is 0.288. The molecule has 5 heteroatoms. The highest BCUT2D eigenvalue weighted by atomic mass is 16.4. The molecule has 15 heavy (non-hydrogen) atoms. The third kappa shape index (κ3) is 2.18. The minimum absolute atomic E-state index is 0.142. The molecule has 0 amide bonds. The van der Waals surface area contributed by atoms with E-state index in [1.165, 1.54) is 0 Å². The van der Waals surface area contributed by atoms with Crippen LogP contribution in [0.4, 0.5) is 0 Å². The van der Waals surface area contributed by atoms with Crippen molar-refractivity contribution in [3.8, 4) is 0 Å². The van der Waals surface area contributed by atoms with Gasteiger partial charge in [-0.15, -0.1) is 0 Å². The number of carboxylic acids is 1. The van der Waals surface area contributed by atoms with Crippen molar-refractivity contribution in [2.45, 2.75) is 25.3 Å². The minimum Gasteiger partial charge on any atom is -0.481 e. The number of rotatable bonds is 3. The molecule has 0 saturated carbocycles. The lowest BCUT2D eigenvalue weighted by atomic mass is 10.2. The standard InChI is InChI=1S/C10H14N2O3/c1-12-4-2-3-8(12)7-6-15-9(11-7)5-10(13)14/h6,8H,2-5H2,1H3,(H,13,14). The molecule has 1 saturated heterocycles. The molecule has 1 aliphatic heterocycles. The molecule has 2 heterocycles. The van der Waals surface area contributed by atoms with E-state index >= 15 is 0 Å². The first-order valence-electron chi connectivity index (χ1n) is 5.03. The molecule has 0 radical (unpaired) electrons. The summed E-state index contributed by atoms with van der Waals surface area (Å²) in [5, 5.41) is 8.58. The van der Waals surface area contributed by atoms with Crippen LogP contribution in [0.3, 0.4) is 0 Å². The van der Waals surface area contributed by atoms with Crippen molar-refractivity contribution >= 4 is 5.97 Å². The van der Waals surface area contributed by atoms with Crippen molar-refractivity contribution < 1.29 is 14.3 Å². The number of nitrogens with zero attached hydrogens (tertiary/aromatic N) is 2. The summed E-state index contributed by atoms with van der Waals surface area (Å²) < 4.78 is 5.12. The molecule has 1 atom stereocenters. The van der Waals surface area contributed by atoms with Gasteiger partial charge in [-0.3, -0.25) is 9.69 Å². The quantitative estimate of drug-likeness (QED) is 0.808. The highest BCUT2D eigenvalue weighted by Crippen LogP contribution is 2.29. The largest absolute Gasteiger partial charge is 0.481 e. The molecule has 1 aromatic heterocycles. The van der Waals surface area contributed by atoms with Crippen LogP contribution in [0.5, 0.6) is 0 Å². The van der Waals surface area contributed by atoms with Crippen molar-refractivity contribution in [1.82, 2.24) is 9.88 Å². The first-order valence-corrected chi connectivity index (χ1v) is 5.03. The normalized spacial score (nSPS) is 22.1. The van der Waals surface area contributed by atoms with E-state index in [2.05, 4.69) is 9.88 Å². The highest BCUT2D eigenvalue weighted by molar-refractivity contribution is 5.68. The van der Waals surface area contributed by atoms with Crippen LogP contribution >= 0.6 is 0 Å². The molecule has 1 aliphatic rings. The Morgan fingerprint density at radius 3 is 3.20 bits per heavy atom. The number of carboxylic acid groups (broad SMARTS) is 1. The molecule has 0 aromatic carbocycles. The van der Waals surface area contributed by atoms with Gasteiger partial charge >= 0.3 is 5.97 Å². The van der Waals surface area contributed by atoms with Crippen LogP contribution in [0, 0.1) is 0 Å². The van der Waals surface area contributed by atoms with Gasteiger partial charge in [-0.05, 0) is 26.4 Å². The molecule has 0 spiro atoms. The zero-order valence-corrected chi connectivity index (χ0v) is 8.64. The van der Waals surface area contributed by atoms with E-state index in [-0.39, 0.29) is 18.4 Å². The predicted octanol–water partition coefficient (Wildman–Crippen LogP) is 1.07. The van der Waals surface area contributed by atoms with Crippen molar-refractivity contribution in [3.05, 3.63) is 17.8 Å². The van der Waals surface area contributed by atoms with Gasteiger partial charge in [-0.25, -0.2) is 4.98 Å². The molecule has 0 aliphatic carbocycles. The first kappa shape index (κ1) is 10.2. The molecule has 1 aromatic rings. The van der Waals surface area contributed by atoms with Crippen molar-refractivity contribution in [3.63, 3.8) is 0 Å². The second-order valence-corrected chi connectivity index (χ2v) is 3.88. The molecule has 1 N–H and O–H groups in total. The second kappa shape index (κ2) is 4.02. The number of likely N-dealkylation sites (tertiary alicyclic amines) is 1. The zero-order valence-electron chi connectivity index (χ0n) is 8.64. The van der Waals surface area contributed by atoms with Crippen LogP contribution in [0.15, 0.2) is 10.7 Å². The highest BCUT2D eigenvalue weighted by Gasteiger charge is 2.25. The average molecular weight is 210 g/mol. The minimum atomic E-state index is -0.914. The van der Waals surface area contributed by atoms with Crippen molar-refractivity contribution in [1.29, 1.82) is 0 Å². The van der Waals surface area contributed by atoms with Gasteiger partial charge < -0.3 is 9.52 Å². The molecule has 0 bridgehead atoms. The lowest BCUT2D eigenvalue weighted by Crippen LogP contribution is -2.17. The third-order valence-corrected chi connectivity index (χ3v) is 2.73. The Morgan fingerprint density at radius 2 is 2.60 bits per heavy atom. The van der Waals surface area contributed by atoms with Crippen LogP contribution in [0.1, 0.15) is 30.5 Å². The van der Waals surface area contributed by atoms with E-state index in [1.807, 2.05) is 7.05 Å². The maximum absolute atomic E-state index is 10.5. The van der Waals surface area contributed by atoms with Gasteiger partial charge in [0, 0.05) is 0 Å². The van der Waals surface area contributed by atoms with Crippen molar-refractivity contribution in [2.75, 3.05) is 13.6 Å². The summed E-state index contributed by atoms with van der Waals surface area (Å²) in [5.74, 6) is -0.624. The topological polar surface area (TPSA) is 66.6 Å². The number of aromatic nitrogens is 1. The second-order valence-electron chi connectivity index (χ2n) is 3.88. The van der Waals surface area contributed by atoms with E-state index in [0.29, 0.717) is 0 Å². The van der Waals surface area contributed by atoms with E-state index in [9.17, 15) is 4.79 Å². The molecular formula is C10H14N2O3. The summed E-state index contributed by atoms with van der Waals surface area (Å²) in [4.78, 5) is 16.9. The maximum Gasteiger partial charge on any atom is 0.312 e. The van der Waals surface area contributed by atoms with Crippen LogP contribution in [-0.2, 0) is 11.2 Å². The Hall–Kier alpha value is -1.36. The Labute approximate surface area is 87.7 Å². The van der Waals surface area contributed by atoms with Crippen LogP contribution in [-0.4, -0.2) is 34.6 Å². The van der Waals surface area contributed by atoms with Gasteiger partial charge in [0.1, 0.15) is 12.7 Å². The van der Waals surface area contributed by atoms with Gasteiger partial charge in [-0.2, -0.15) is 0 Å². The van der Waals surface area contributed by atoms with E-state index < -0.39 is 5.97 Å². The van der Waals surface area contributed by atoms with Gasteiger partial charge in [0.05, 0.1) is 11.7 Å². The summed E-state index contributed by atoms with van der Waals surface area (Å²) in [7, 11) is 2.04. The maximum atomic E-state index is 10.5. The van der Waals surface area contributed by atoms with E-state index in [0.717, 1.165) is 25.1 Å². The Balaban J connectivity index is 2.09. The summed E-state index contributed by atoms with van der Waals surface area (Å²) in [6.07, 6.45) is 3.65. The first-order chi connectivity index (χ1) is 7.16. The van der Waals surface area contributed by atoms with Gasteiger partial charge in [0.2, 0.25) is 5.89 Å². The average Bonchev–Trinajstić information content (AvgIpc) is 2.72. The molecule has 5 nitrogen and oxygen atoms in total. The Bertz CT molecular complexity index is 361. The fraction of sp³-hybridized carbons (Fsp3) is 0.600. The van der Waals surface area contributed by atoms with E-state index in [4.69, 9.17) is 9.52 Å². The van der Waals surface area contributed by atoms with Crippen molar-refractivity contribution in [2.24, 2.45) is 0 Å². The lowest BCUT2D eigenvalue weighted by molar-refractivity contribution is -0.136. The molecule has 82 valence electrons. The zero-order chi connectivity index (χ0) is 10.8. The van der Waals surface area contributed by atoms with Crippen LogP contribution < -0.4 is 0 Å². The number of aliphatic carboxylic acids is 1. The van der Waals surface area contributed by atoms with E-state index in [1.54, 1.807) is 6.26 Å². The SMILES string of the molecule is CN1CCCC1c1coc(CC(=O)O)n1. The molecule has 1 fully saturated rings. The monoisotopic (exact) mass is 210 g/mol.